The first-order valence-corrected chi connectivity index (χ1v) is 8.50. The lowest BCUT2D eigenvalue weighted by molar-refractivity contribution is 0.0691. The quantitative estimate of drug-likeness (QED) is 0.906. The van der Waals surface area contributed by atoms with E-state index in [9.17, 15) is 0 Å². The SMILES string of the molecule is CC(C)C(c1cccs1)N1CCNC(C)(C2CC2)C1. The first-order valence-electron chi connectivity index (χ1n) is 7.62. The van der Waals surface area contributed by atoms with Crippen LogP contribution in [0.15, 0.2) is 17.5 Å². The second-order valence-electron chi connectivity index (χ2n) is 6.79. The molecule has 19 heavy (non-hydrogen) atoms. The van der Waals surface area contributed by atoms with Crippen molar-refractivity contribution >= 4 is 11.3 Å². The normalized spacial score (nSPS) is 30.7. The molecule has 3 heteroatoms. The Morgan fingerprint density at radius 3 is 2.79 bits per heavy atom. The van der Waals surface area contributed by atoms with Gasteiger partial charge in [0.05, 0.1) is 0 Å². The number of nitrogens with zero attached hydrogens (tertiary/aromatic N) is 1. The van der Waals surface area contributed by atoms with Crippen LogP contribution in [0.5, 0.6) is 0 Å². The van der Waals surface area contributed by atoms with E-state index in [-0.39, 0.29) is 0 Å². The Labute approximate surface area is 121 Å². The number of hydrogen-bond acceptors (Lipinski definition) is 3. The van der Waals surface area contributed by atoms with Gasteiger partial charge in [-0.15, -0.1) is 11.3 Å². The summed E-state index contributed by atoms with van der Waals surface area (Å²) < 4.78 is 0. The lowest BCUT2D eigenvalue weighted by Crippen LogP contribution is -2.60. The van der Waals surface area contributed by atoms with E-state index in [1.165, 1.54) is 30.8 Å². The van der Waals surface area contributed by atoms with Gasteiger partial charge in [-0.25, -0.2) is 0 Å². The molecule has 0 amide bonds. The molecule has 0 radical (unpaired) electrons. The molecule has 0 spiro atoms. The highest BCUT2D eigenvalue weighted by Gasteiger charge is 2.45. The molecule has 1 aromatic rings. The summed E-state index contributed by atoms with van der Waals surface area (Å²) in [6, 6.07) is 5.10. The van der Waals surface area contributed by atoms with E-state index in [0.29, 0.717) is 17.5 Å². The Hall–Kier alpha value is -0.380. The highest BCUT2D eigenvalue weighted by atomic mass is 32.1. The van der Waals surface area contributed by atoms with Gasteiger partial charge in [0.2, 0.25) is 0 Å². The Kier molecular flexibility index (Phi) is 3.71. The summed E-state index contributed by atoms with van der Waals surface area (Å²) in [7, 11) is 0. The van der Waals surface area contributed by atoms with Crippen LogP contribution < -0.4 is 5.32 Å². The van der Waals surface area contributed by atoms with E-state index in [1.54, 1.807) is 0 Å². The van der Waals surface area contributed by atoms with E-state index in [2.05, 4.69) is 48.5 Å². The Morgan fingerprint density at radius 2 is 2.21 bits per heavy atom. The molecule has 1 aromatic heterocycles. The van der Waals surface area contributed by atoms with Crippen molar-refractivity contribution in [2.45, 2.75) is 45.2 Å². The van der Waals surface area contributed by atoms with E-state index >= 15 is 0 Å². The summed E-state index contributed by atoms with van der Waals surface area (Å²) in [5.41, 5.74) is 0.350. The first kappa shape index (κ1) is 13.6. The molecule has 1 N–H and O–H groups in total. The maximum Gasteiger partial charge on any atom is 0.0465 e. The van der Waals surface area contributed by atoms with Crippen LogP contribution in [-0.2, 0) is 0 Å². The van der Waals surface area contributed by atoms with Gasteiger partial charge in [0.15, 0.2) is 0 Å². The van der Waals surface area contributed by atoms with Crippen LogP contribution in [0.1, 0.15) is 44.5 Å². The predicted molar refractivity (Wildman–Crippen MR) is 82.6 cm³/mol. The van der Waals surface area contributed by atoms with Gasteiger partial charge in [0.1, 0.15) is 0 Å². The van der Waals surface area contributed by atoms with Crippen molar-refractivity contribution in [3.63, 3.8) is 0 Å². The minimum absolute atomic E-state index is 0.350. The number of piperazine rings is 1. The molecule has 2 heterocycles. The van der Waals surface area contributed by atoms with Crippen molar-refractivity contribution in [2.75, 3.05) is 19.6 Å². The zero-order valence-corrected chi connectivity index (χ0v) is 13.2. The summed E-state index contributed by atoms with van der Waals surface area (Å²) in [4.78, 5) is 4.26. The molecule has 3 rings (SSSR count). The zero-order valence-electron chi connectivity index (χ0n) is 12.4. The maximum atomic E-state index is 3.79. The van der Waals surface area contributed by atoms with Gasteiger partial charge in [0.25, 0.3) is 0 Å². The highest BCUT2D eigenvalue weighted by Crippen LogP contribution is 2.43. The zero-order chi connectivity index (χ0) is 13.5. The van der Waals surface area contributed by atoms with E-state index in [4.69, 9.17) is 0 Å². The third kappa shape index (κ3) is 2.74. The van der Waals surface area contributed by atoms with Gasteiger partial charge in [-0.3, -0.25) is 4.90 Å². The molecule has 2 fully saturated rings. The average Bonchev–Trinajstić information content (AvgIpc) is 3.10. The predicted octanol–water partition coefficient (Wildman–Crippen LogP) is 3.52. The molecule has 0 aromatic carbocycles. The van der Waals surface area contributed by atoms with Gasteiger partial charge < -0.3 is 5.32 Å². The van der Waals surface area contributed by atoms with Crippen molar-refractivity contribution in [1.82, 2.24) is 10.2 Å². The lowest BCUT2D eigenvalue weighted by atomic mass is 9.90. The van der Waals surface area contributed by atoms with Crippen molar-refractivity contribution in [3.8, 4) is 0 Å². The third-order valence-corrected chi connectivity index (χ3v) is 5.74. The number of thiophene rings is 1. The van der Waals surface area contributed by atoms with Crippen LogP contribution in [0.3, 0.4) is 0 Å². The van der Waals surface area contributed by atoms with E-state index < -0.39 is 0 Å². The van der Waals surface area contributed by atoms with Crippen LogP contribution in [0.25, 0.3) is 0 Å². The summed E-state index contributed by atoms with van der Waals surface area (Å²) in [5, 5.41) is 6.00. The monoisotopic (exact) mass is 278 g/mol. The largest absolute Gasteiger partial charge is 0.309 e. The van der Waals surface area contributed by atoms with Gasteiger partial charge in [-0.1, -0.05) is 19.9 Å². The summed E-state index contributed by atoms with van der Waals surface area (Å²) >= 11 is 1.92. The van der Waals surface area contributed by atoms with Gasteiger partial charge in [-0.2, -0.15) is 0 Å². The van der Waals surface area contributed by atoms with Crippen molar-refractivity contribution in [1.29, 1.82) is 0 Å². The van der Waals surface area contributed by atoms with Crippen LogP contribution in [0, 0.1) is 11.8 Å². The highest BCUT2D eigenvalue weighted by molar-refractivity contribution is 7.10. The molecule has 1 aliphatic heterocycles. The molecule has 1 saturated heterocycles. The van der Waals surface area contributed by atoms with E-state index in [1.807, 2.05) is 11.3 Å². The van der Waals surface area contributed by atoms with Crippen LogP contribution >= 0.6 is 11.3 Å². The molecule has 2 atom stereocenters. The maximum absolute atomic E-state index is 3.79. The molecule has 1 saturated carbocycles. The number of nitrogens with one attached hydrogen (secondary N) is 1. The molecule has 0 bridgehead atoms. The number of hydrogen-bond donors (Lipinski definition) is 1. The summed E-state index contributed by atoms with van der Waals surface area (Å²) in [6.45, 7) is 10.7. The molecule has 1 aliphatic carbocycles. The van der Waals surface area contributed by atoms with Crippen LogP contribution in [0.2, 0.25) is 0 Å². The second kappa shape index (κ2) is 5.19. The Bertz CT molecular complexity index is 410. The summed E-state index contributed by atoms with van der Waals surface area (Å²) in [6.07, 6.45) is 2.84. The van der Waals surface area contributed by atoms with Crippen molar-refractivity contribution in [3.05, 3.63) is 22.4 Å². The first-order chi connectivity index (χ1) is 9.10. The Morgan fingerprint density at radius 1 is 1.42 bits per heavy atom. The molecule has 2 aliphatic rings. The summed E-state index contributed by atoms with van der Waals surface area (Å²) in [5.74, 6) is 1.59. The molecular weight excluding hydrogens is 252 g/mol. The van der Waals surface area contributed by atoms with Crippen LogP contribution in [-0.4, -0.2) is 30.1 Å². The molecule has 2 unspecified atom stereocenters. The Balaban J connectivity index is 1.78. The number of rotatable bonds is 4. The topological polar surface area (TPSA) is 15.3 Å². The fraction of sp³-hybridized carbons (Fsp3) is 0.750. The smallest absolute Gasteiger partial charge is 0.0465 e. The molecule has 2 nitrogen and oxygen atoms in total. The van der Waals surface area contributed by atoms with Crippen molar-refractivity contribution < 1.29 is 0 Å². The second-order valence-corrected chi connectivity index (χ2v) is 7.77. The van der Waals surface area contributed by atoms with Gasteiger partial charge in [-0.05, 0) is 43.0 Å². The van der Waals surface area contributed by atoms with Crippen LogP contribution in [0.4, 0.5) is 0 Å². The van der Waals surface area contributed by atoms with Crippen molar-refractivity contribution in [2.24, 2.45) is 11.8 Å². The fourth-order valence-corrected chi connectivity index (χ4v) is 4.69. The van der Waals surface area contributed by atoms with Gasteiger partial charge in [0, 0.05) is 36.1 Å². The minimum Gasteiger partial charge on any atom is -0.309 e. The minimum atomic E-state index is 0.350. The van der Waals surface area contributed by atoms with Gasteiger partial charge >= 0.3 is 0 Å². The third-order valence-electron chi connectivity index (χ3n) is 4.80. The molecule has 106 valence electrons. The lowest BCUT2D eigenvalue weighted by Gasteiger charge is -2.46. The van der Waals surface area contributed by atoms with E-state index in [0.717, 1.165) is 12.5 Å². The fourth-order valence-electron chi connectivity index (χ4n) is 3.66. The molecular formula is C16H26N2S. The average molecular weight is 278 g/mol. The standard InChI is InChI=1S/C16H26N2S/c1-12(2)15(14-5-4-10-19-14)18-9-8-17-16(3,11-18)13-6-7-13/h4-5,10,12-13,15,17H,6-9,11H2,1-3H3.